The predicted octanol–water partition coefficient (Wildman–Crippen LogP) is 4.13. The van der Waals surface area contributed by atoms with Gasteiger partial charge in [0.2, 0.25) is 5.78 Å². The first-order valence-electron chi connectivity index (χ1n) is 5.80. The van der Waals surface area contributed by atoms with Gasteiger partial charge in [0, 0.05) is 33.4 Å². The van der Waals surface area contributed by atoms with Gasteiger partial charge < -0.3 is 4.42 Å². The third kappa shape index (κ3) is 2.08. The summed E-state index contributed by atoms with van der Waals surface area (Å²) in [6.45, 7) is 1.89. The molecule has 0 aliphatic carbocycles. The fourth-order valence-electron chi connectivity index (χ4n) is 2.06. The maximum Gasteiger partial charge on any atom is 0.230 e. The molecule has 0 bridgehead atoms. The second-order valence-corrected chi connectivity index (χ2v) is 5.19. The summed E-state index contributed by atoms with van der Waals surface area (Å²) in [6, 6.07) is 9.37. The van der Waals surface area contributed by atoms with Crippen LogP contribution in [0.25, 0.3) is 11.0 Å². The Bertz CT molecular complexity index is 777. The van der Waals surface area contributed by atoms with Gasteiger partial charge in [0.05, 0.1) is 0 Å². The van der Waals surface area contributed by atoms with Gasteiger partial charge in [-0.25, -0.2) is 0 Å². The average Bonchev–Trinajstić information content (AvgIpc) is 2.76. The van der Waals surface area contributed by atoms with Crippen LogP contribution in [0.15, 0.2) is 51.6 Å². The summed E-state index contributed by atoms with van der Waals surface area (Å²) in [4.78, 5) is 16.4. The van der Waals surface area contributed by atoms with E-state index < -0.39 is 0 Å². The quantitative estimate of drug-likeness (QED) is 0.668. The first-order chi connectivity index (χ1) is 9.16. The number of aromatic nitrogens is 1. The van der Waals surface area contributed by atoms with E-state index >= 15 is 0 Å². The van der Waals surface area contributed by atoms with Gasteiger partial charge in [-0.3, -0.25) is 9.78 Å². The molecule has 0 aliphatic heterocycles. The molecule has 0 radical (unpaired) electrons. The molecule has 1 aromatic carbocycles. The van der Waals surface area contributed by atoms with Gasteiger partial charge in [-0.1, -0.05) is 18.2 Å². The minimum atomic E-state index is -0.150. The summed E-state index contributed by atoms with van der Waals surface area (Å²) >= 11 is 3.31. The molecule has 0 fully saturated rings. The van der Waals surface area contributed by atoms with Crippen molar-refractivity contribution in [2.24, 2.45) is 0 Å². The highest BCUT2D eigenvalue weighted by molar-refractivity contribution is 9.10. The molecule has 3 aromatic rings. The number of ketones is 1. The molecule has 19 heavy (non-hydrogen) atoms. The molecule has 3 nitrogen and oxygen atoms in total. The molecule has 0 unspecified atom stereocenters. The van der Waals surface area contributed by atoms with Crippen LogP contribution in [-0.4, -0.2) is 10.8 Å². The number of furan rings is 1. The fraction of sp³-hybridized carbons (Fsp3) is 0.0667. The van der Waals surface area contributed by atoms with Gasteiger partial charge >= 0.3 is 0 Å². The van der Waals surface area contributed by atoms with Gasteiger partial charge in [-0.15, -0.1) is 0 Å². The van der Waals surface area contributed by atoms with Crippen LogP contribution in [0, 0.1) is 6.92 Å². The van der Waals surface area contributed by atoms with Gasteiger partial charge in [0.15, 0.2) is 5.76 Å². The van der Waals surface area contributed by atoms with E-state index in [4.69, 9.17) is 4.42 Å². The van der Waals surface area contributed by atoms with Crippen LogP contribution in [0.4, 0.5) is 0 Å². The summed E-state index contributed by atoms with van der Waals surface area (Å²) in [7, 11) is 0. The average molecular weight is 316 g/mol. The highest BCUT2D eigenvalue weighted by Crippen LogP contribution is 2.27. The molecule has 0 atom stereocenters. The van der Waals surface area contributed by atoms with Gasteiger partial charge in [-0.2, -0.15) is 0 Å². The number of hydrogen-bond acceptors (Lipinski definition) is 3. The van der Waals surface area contributed by atoms with Crippen LogP contribution >= 0.6 is 15.9 Å². The molecule has 2 heterocycles. The molecule has 3 rings (SSSR count). The molecule has 0 saturated carbocycles. The van der Waals surface area contributed by atoms with Gasteiger partial charge in [-0.05, 0) is 35.0 Å². The second kappa shape index (κ2) is 4.63. The van der Waals surface area contributed by atoms with Crippen molar-refractivity contribution >= 4 is 32.7 Å². The predicted molar refractivity (Wildman–Crippen MR) is 76.3 cm³/mol. The normalized spacial score (nSPS) is 10.8. The summed E-state index contributed by atoms with van der Waals surface area (Å²) < 4.78 is 6.43. The molecule has 0 N–H and O–H groups in total. The van der Waals surface area contributed by atoms with E-state index in [2.05, 4.69) is 20.9 Å². The van der Waals surface area contributed by atoms with Crippen molar-refractivity contribution in [1.82, 2.24) is 4.98 Å². The number of fused-ring (bicyclic) bond motifs is 1. The van der Waals surface area contributed by atoms with Crippen LogP contribution in [0.1, 0.15) is 21.7 Å². The van der Waals surface area contributed by atoms with Crippen molar-refractivity contribution < 1.29 is 9.21 Å². The summed E-state index contributed by atoms with van der Waals surface area (Å²) in [6.07, 6.45) is 3.18. The van der Waals surface area contributed by atoms with E-state index in [1.54, 1.807) is 18.5 Å². The second-order valence-electron chi connectivity index (χ2n) is 4.27. The zero-order valence-electron chi connectivity index (χ0n) is 10.2. The fourth-order valence-corrected chi connectivity index (χ4v) is 2.42. The van der Waals surface area contributed by atoms with Gasteiger partial charge in [0.1, 0.15) is 5.58 Å². The molecule has 4 heteroatoms. The van der Waals surface area contributed by atoms with E-state index in [1.165, 1.54) is 0 Å². The monoisotopic (exact) mass is 315 g/mol. The van der Waals surface area contributed by atoms with Crippen molar-refractivity contribution in [3.63, 3.8) is 0 Å². The molecule has 94 valence electrons. The Morgan fingerprint density at radius 1 is 1.26 bits per heavy atom. The Kier molecular flexibility index (Phi) is 2.95. The van der Waals surface area contributed by atoms with Crippen LogP contribution in [0.3, 0.4) is 0 Å². The lowest BCUT2D eigenvalue weighted by Gasteiger charge is -1.99. The number of halogens is 1. The molecular weight excluding hydrogens is 306 g/mol. The van der Waals surface area contributed by atoms with Crippen molar-refractivity contribution in [2.75, 3.05) is 0 Å². The summed E-state index contributed by atoms with van der Waals surface area (Å²) in [5, 5.41) is 0.966. The van der Waals surface area contributed by atoms with E-state index in [1.807, 2.05) is 31.2 Å². The minimum absolute atomic E-state index is 0.150. The van der Waals surface area contributed by atoms with Crippen molar-refractivity contribution in [1.29, 1.82) is 0 Å². The van der Waals surface area contributed by atoms with Crippen LogP contribution in [-0.2, 0) is 0 Å². The summed E-state index contributed by atoms with van der Waals surface area (Å²) in [5.41, 5.74) is 2.10. The Balaban J connectivity index is 2.14. The first kappa shape index (κ1) is 12.1. The lowest BCUT2D eigenvalue weighted by molar-refractivity contribution is 0.101. The standard InChI is InChI=1S/C15H10BrNO2/c1-9-12-4-2-3-5-13(12)19-15(9)14(18)10-6-11(16)8-17-7-10/h2-8H,1H3. The zero-order chi connectivity index (χ0) is 13.4. The van der Waals surface area contributed by atoms with Crippen molar-refractivity contribution in [3.05, 3.63) is 64.1 Å². The largest absolute Gasteiger partial charge is 0.452 e. The topological polar surface area (TPSA) is 43.1 Å². The van der Waals surface area contributed by atoms with Gasteiger partial charge in [0.25, 0.3) is 0 Å². The number of carbonyl (C=O) groups is 1. The number of rotatable bonds is 2. The molecular formula is C15H10BrNO2. The van der Waals surface area contributed by atoms with Crippen molar-refractivity contribution in [2.45, 2.75) is 6.92 Å². The van der Waals surface area contributed by atoms with Crippen LogP contribution in [0.5, 0.6) is 0 Å². The minimum Gasteiger partial charge on any atom is -0.452 e. The third-order valence-corrected chi connectivity index (χ3v) is 3.45. The zero-order valence-corrected chi connectivity index (χ0v) is 11.8. The number of hydrogen-bond donors (Lipinski definition) is 0. The van der Waals surface area contributed by atoms with E-state index in [0.717, 1.165) is 21.0 Å². The number of carbonyl (C=O) groups excluding carboxylic acids is 1. The molecule has 0 spiro atoms. The Labute approximate surface area is 118 Å². The maximum absolute atomic E-state index is 12.4. The number of para-hydroxylation sites is 1. The number of benzene rings is 1. The Morgan fingerprint density at radius 3 is 2.79 bits per heavy atom. The van der Waals surface area contributed by atoms with E-state index in [-0.39, 0.29) is 5.78 Å². The highest BCUT2D eigenvalue weighted by atomic mass is 79.9. The van der Waals surface area contributed by atoms with Crippen molar-refractivity contribution in [3.8, 4) is 0 Å². The van der Waals surface area contributed by atoms with E-state index in [0.29, 0.717) is 11.3 Å². The first-order valence-corrected chi connectivity index (χ1v) is 6.59. The Hall–Kier alpha value is -1.94. The lowest BCUT2D eigenvalue weighted by Crippen LogP contribution is -2.02. The van der Waals surface area contributed by atoms with E-state index in [9.17, 15) is 4.79 Å². The van der Waals surface area contributed by atoms with Crippen LogP contribution in [0.2, 0.25) is 0 Å². The Morgan fingerprint density at radius 2 is 2.05 bits per heavy atom. The number of aryl methyl sites for hydroxylation is 1. The molecule has 2 aromatic heterocycles. The third-order valence-electron chi connectivity index (χ3n) is 3.02. The summed E-state index contributed by atoms with van der Waals surface area (Å²) in [5.74, 6) is 0.226. The maximum atomic E-state index is 12.4. The van der Waals surface area contributed by atoms with Crippen LogP contribution < -0.4 is 0 Å². The lowest BCUT2D eigenvalue weighted by atomic mass is 10.1. The number of pyridine rings is 1. The molecule has 0 saturated heterocycles. The SMILES string of the molecule is Cc1c(C(=O)c2cncc(Br)c2)oc2ccccc12. The number of nitrogens with zero attached hydrogens (tertiary/aromatic N) is 1. The molecule has 0 aliphatic rings. The molecule has 0 amide bonds. The smallest absolute Gasteiger partial charge is 0.230 e. The highest BCUT2D eigenvalue weighted by Gasteiger charge is 2.19.